The standard InChI is InChI=1S/C11H11NO6/c1-17-8-3-7(4-11(14)18-2)9(6-13)10(5-8)12(15)16/h3,5-6H,4H2,1-2H3. The Kier molecular flexibility index (Phi) is 4.36. The Balaban J connectivity index is 3.37. The van der Waals surface area contributed by atoms with Crippen LogP contribution in [0.2, 0.25) is 0 Å². The van der Waals surface area contributed by atoms with Crippen molar-refractivity contribution in [1.82, 2.24) is 0 Å². The molecule has 0 N–H and O–H groups in total. The molecule has 0 heterocycles. The number of nitrogens with zero attached hydrogens (tertiary/aromatic N) is 1. The fraction of sp³-hybridized carbons (Fsp3) is 0.273. The minimum absolute atomic E-state index is 0.147. The average Bonchev–Trinajstić information content (AvgIpc) is 2.37. The second kappa shape index (κ2) is 5.76. The topological polar surface area (TPSA) is 95.7 Å². The van der Waals surface area contributed by atoms with Crippen LogP contribution >= 0.6 is 0 Å². The Hall–Kier alpha value is -2.44. The second-order valence-corrected chi connectivity index (χ2v) is 3.35. The molecule has 7 nitrogen and oxygen atoms in total. The van der Waals surface area contributed by atoms with Crippen molar-refractivity contribution < 1.29 is 24.0 Å². The van der Waals surface area contributed by atoms with E-state index in [4.69, 9.17) is 4.74 Å². The third-order valence-electron chi connectivity index (χ3n) is 2.33. The van der Waals surface area contributed by atoms with Crippen molar-refractivity contribution in [3.63, 3.8) is 0 Å². The van der Waals surface area contributed by atoms with Crippen molar-refractivity contribution in [2.24, 2.45) is 0 Å². The summed E-state index contributed by atoms with van der Waals surface area (Å²) in [6.07, 6.45) is 0.110. The van der Waals surface area contributed by atoms with Crippen molar-refractivity contribution in [2.75, 3.05) is 14.2 Å². The van der Waals surface area contributed by atoms with Gasteiger partial charge in [-0.25, -0.2) is 0 Å². The van der Waals surface area contributed by atoms with Crippen molar-refractivity contribution in [3.8, 4) is 5.75 Å². The molecule has 0 aliphatic rings. The molecule has 0 amide bonds. The van der Waals surface area contributed by atoms with E-state index in [0.717, 1.165) is 6.07 Å². The first kappa shape index (κ1) is 13.6. The maximum absolute atomic E-state index is 11.2. The molecule has 0 fully saturated rings. The highest BCUT2D eigenvalue weighted by Gasteiger charge is 2.21. The molecule has 0 unspecified atom stereocenters. The molecule has 7 heteroatoms. The molecular weight excluding hydrogens is 242 g/mol. The number of hydrogen-bond acceptors (Lipinski definition) is 6. The maximum Gasteiger partial charge on any atom is 0.310 e. The zero-order valence-electron chi connectivity index (χ0n) is 9.84. The van der Waals surface area contributed by atoms with Crippen LogP contribution in [0.5, 0.6) is 5.75 Å². The van der Waals surface area contributed by atoms with Gasteiger partial charge in [0.2, 0.25) is 0 Å². The number of nitro benzene ring substituents is 1. The van der Waals surface area contributed by atoms with Gasteiger partial charge in [-0.15, -0.1) is 0 Å². The lowest BCUT2D eigenvalue weighted by Gasteiger charge is -2.07. The van der Waals surface area contributed by atoms with Gasteiger partial charge in [-0.1, -0.05) is 0 Å². The van der Waals surface area contributed by atoms with Gasteiger partial charge < -0.3 is 9.47 Å². The van der Waals surface area contributed by atoms with Gasteiger partial charge in [0.05, 0.1) is 37.2 Å². The van der Waals surface area contributed by atoms with Gasteiger partial charge in [-0.2, -0.15) is 0 Å². The van der Waals surface area contributed by atoms with Crippen LogP contribution < -0.4 is 4.74 Å². The number of benzene rings is 1. The zero-order valence-corrected chi connectivity index (χ0v) is 9.84. The molecule has 0 saturated heterocycles. The van der Waals surface area contributed by atoms with Gasteiger partial charge in [0.1, 0.15) is 5.75 Å². The molecule has 0 spiro atoms. The first-order valence-electron chi connectivity index (χ1n) is 4.90. The van der Waals surface area contributed by atoms with Crippen LogP contribution in [0.1, 0.15) is 15.9 Å². The lowest BCUT2D eigenvalue weighted by Crippen LogP contribution is -2.08. The van der Waals surface area contributed by atoms with E-state index in [0.29, 0.717) is 6.29 Å². The lowest BCUT2D eigenvalue weighted by molar-refractivity contribution is -0.385. The summed E-state index contributed by atoms with van der Waals surface area (Å²) >= 11 is 0. The highest BCUT2D eigenvalue weighted by Crippen LogP contribution is 2.27. The molecule has 0 bridgehead atoms. The quantitative estimate of drug-likeness (QED) is 0.338. The summed E-state index contributed by atoms with van der Waals surface area (Å²) in [6.45, 7) is 0. The summed E-state index contributed by atoms with van der Waals surface area (Å²) in [7, 11) is 2.53. The molecule has 96 valence electrons. The molecule has 18 heavy (non-hydrogen) atoms. The number of carbonyl (C=O) groups excluding carboxylic acids is 2. The van der Waals surface area contributed by atoms with Gasteiger partial charge in [-0.05, 0) is 11.6 Å². The molecule has 0 saturated carbocycles. The van der Waals surface area contributed by atoms with E-state index in [-0.39, 0.29) is 23.3 Å². The number of rotatable bonds is 5. The largest absolute Gasteiger partial charge is 0.496 e. The lowest BCUT2D eigenvalue weighted by atomic mass is 10.0. The van der Waals surface area contributed by atoms with Crippen LogP contribution in [0.3, 0.4) is 0 Å². The molecule has 0 radical (unpaired) electrons. The molecule has 0 aromatic heterocycles. The minimum Gasteiger partial charge on any atom is -0.496 e. The first-order chi connectivity index (χ1) is 8.53. The molecule has 0 aliphatic heterocycles. The van der Waals surface area contributed by atoms with Crippen LogP contribution in [-0.2, 0) is 16.0 Å². The maximum atomic E-state index is 11.2. The van der Waals surface area contributed by atoms with Gasteiger partial charge >= 0.3 is 5.97 Å². The summed E-state index contributed by atoms with van der Waals surface area (Å²) in [6, 6.07) is 2.53. The number of aldehydes is 1. The van der Waals surface area contributed by atoms with Gasteiger partial charge in [0.25, 0.3) is 5.69 Å². The van der Waals surface area contributed by atoms with Crippen LogP contribution in [0.15, 0.2) is 12.1 Å². The van der Waals surface area contributed by atoms with Crippen LogP contribution in [-0.4, -0.2) is 31.4 Å². The zero-order chi connectivity index (χ0) is 13.7. The summed E-state index contributed by atoms with van der Waals surface area (Å²) in [4.78, 5) is 32.2. The minimum atomic E-state index is -0.701. The van der Waals surface area contributed by atoms with E-state index in [1.807, 2.05) is 0 Å². The molecule has 1 aromatic rings. The second-order valence-electron chi connectivity index (χ2n) is 3.35. The Morgan fingerprint density at radius 2 is 2.11 bits per heavy atom. The third kappa shape index (κ3) is 2.82. The van der Waals surface area contributed by atoms with E-state index in [2.05, 4.69) is 4.74 Å². The number of methoxy groups -OCH3 is 2. The normalized spacial score (nSPS) is 9.67. The van der Waals surface area contributed by atoms with Crippen molar-refractivity contribution >= 4 is 17.9 Å². The summed E-state index contributed by atoms with van der Waals surface area (Å²) < 4.78 is 9.35. The molecule has 0 atom stereocenters. The Bertz CT molecular complexity index is 497. The molecule has 1 aromatic carbocycles. The van der Waals surface area contributed by atoms with Crippen molar-refractivity contribution in [1.29, 1.82) is 0 Å². The van der Waals surface area contributed by atoms with Crippen molar-refractivity contribution in [2.45, 2.75) is 6.42 Å². The predicted octanol–water partition coefficient (Wildman–Crippen LogP) is 1.13. The molecule has 1 rings (SSSR count). The van der Waals surface area contributed by atoms with E-state index in [1.54, 1.807) is 0 Å². The predicted molar refractivity (Wildman–Crippen MR) is 60.8 cm³/mol. The number of hydrogen-bond donors (Lipinski definition) is 0. The number of ether oxygens (including phenoxy) is 2. The van der Waals surface area contributed by atoms with Gasteiger partial charge in [0.15, 0.2) is 6.29 Å². The Morgan fingerprint density at radius 3 is 2.56 bits per heavy atom. The van der Waals surface area contributed by atoms with E-state index in [1.165, 1.54) is 20.3 Å². The number of esters is 1. The van der Waals surface area contributed by atoms with Gasteiger partial charge in [-0.3, -0.25) is 19.7 Å². The smallest absolute Gasteiger partial charge is 0.310 e. The number of nitro groups is 1. The van der Waals surface area contributed by atoms with E-state index < -0.39 is 16.6 Å². The van der Waals surface area contributed by atoms with Crippen LogP contribution in [0, 0.1) is 10.1 Å². The monoisotopic (exact) mass is 253 g/mol. The Labute approximate surface area is 102 Å². The van der Waals surface area contributed by atoms with Crippen LogP contribution in [0.25, 0.3) is 0 Å². The van der Waals surface area contributed by atoms with Crippen molar-refractivity contribution in [3.05, 3.63) is 33.4 Å². The van der Waals surface area contributed by atoms with Crippen LogP contribution in [0.4, 0.5) is 5.69 Å². The average molecular weight is 253 g/mol. The highest BCUT2D eigenvalue weighted by atomic mass is 16.6. The fourth-order valence-electron chi connectivity index (χ4n) is 1.45. The van der Waals surface area contributed by atoms with E-state index in [9.17, 15) is 19.7 Å². The first-order valence-corrected chi connectivity index (χ1v) is 4.90. The third-order valence-corrected chi connectivity index (χ3v) is 2.33. The summed E-state index contributed by atoms with van der Waals surface area (Å²) in [5, 5.41) is 10.8. The van der Waals surface area contributed by atoms with E-state index >= 15 is 0 Å². The highest BCUT2D eigenvalue weighted by molar-refractivity contribution is 5.87. The fourth-order valence-corrected chi connectivity index (χ4v) is 1.45. The summed E-state index contributed by atoms with van der Waals surface area (Å²) in [5.74, 6) is -0.396. The van der Waals surface area contributed by atoms with Gasteiger partial charge in [0, 0.05) is 0 Å². The molecular formula is C11H11NO6. The SMILES string of the molecule is COC(=O)Cc1cc(OC)cc([N+](=O)[O-])c1C=O. The Morgan fingerprint density at radius 1 is 1.44 bits per heavy atom. The molecule has 0 aliphatic carbocycles. The summed E-state index contributed by atoms with van der Waals surface area (Å²) in [5.41, 5.74) is -0.350. The number of carbonyl (C=O) groups is 2.